The molecular weight excluding hydrogens is 585 g/mol. The summed E-state index contributed by atoms with van der Waals surface area (Å²) in [6, 6.07) is 18.4. The summed E-state index contributed by atoms with van der Waals surface area (Å²) < 4.78 is 34.1. The quantitative estimate of drug-likeness (QED) is 0.299. The number of nitrogens with zero attached hydrogens (tertiary/aromatic N) is 2. The molecule has 0 saturated heterocycles. The number of rotatable bonds is 11. The van der Waals surface area contributed by atoms with Crippen LogP contribution >= 0.6 is 23.2 Å². The van der Waals surface area contributed by atoms with Gasteiger partial charge in [0, 0.05) is 28.7 Å². The van der Waals surface area contributed by atoms with Crippen LogP contribution in [0.1, 0.15) is 38.2 Å². The topological polar surface area (TPSA) is 96.0 Å². The number of carbonyl (C=O) groups is 2. The lowest BCUT2D eigenvalue weighted by molar-refractivity contribution is -0.139. The maximum atomic E-state index is 14.1. The van der Waals surface area contributed by atoms with Crippen LogP contribution < -0.4 is 14.4 Å². The van der Waals surface area contributed by atoms with E-state index >= 15 is 0 Å². The number of sulfonamides is 1. The predicted octanol–water partition coefficient (Wildman–Crippen LogP) is 5.67. The number of anilines is 1. The van der Waals surface area contributed by atoms with Gasteiger partial charge in [-0.1, -0.05) is 66.4 Å². The van der Waals surface area contributed by atoms with E-state index in [-0.39, 0.29) is 29.1 Å². The number of benzene rings is 3. The molecule has 3 aromatic carbocycles. The first-order valence-corrected chi connectivity index (χ1v) is 15.6. The average molecular weight is 619 g/mol. The third-order valence-corrected chi connectivity index (χ3v) is 9.55. The van der Waals surface area contributed by atoms with Crippen molar-refractivity contribution in [1.82, 2.24) is 10.2 Å². The van der Waals surface area contributed by atoms with E-state index in [0.29, 0.717) is 21.4 Å². The van der Waals surface area contributed by atoms with Crippen molar-refractivity contribution < 1.29 is 22.7 Å². The van der Waals surface area contributed by atoms with Gasteiger partial charge in [-0.05, 0) is 61.7 Å². The van der Waals surface area contributed by atoms with Gasteiger partial charge in [0.25, 0.3) is 10.0 Å². The van der Waals surface area contributed by atoms with Gasteiger partial charge in [0.1, 0.15) is 18.3 Å². The Morgan fingerprint density at radius 3 is 2.37 bits per heavy atom. The standard InChI is InChI=1S/C30H33Cl2N3O5S/c1-21(30(37)33-24-9-6-7-10-24)34(19-22-15-16-23(31)17-28(22)32)29(36)20-35(25-11-8-12-26(18-25)40-2)41(38,39)27-13-4-3-5-14-27/h3-5,8,11-18,21,24H,6-7,9-10,19-20H2,1-2H3,(H,33,37)/t21-/m0/s1. The first kappa shape index (κ1) is 30.7. The van der Waals surface area contributed by atoms with Crippen LogP contribution in [0.3, 0.4) is 0 Å². The van der Waals surface area contributed by atoms with Crippen molar-refractivity contribution in [2.24, 2.45) is 0 Å². The molecule has 218 valence electrons. The monoisotopic (exact) mass is 617 g/mol. The highest BCUT2D eigenvalue weighted by molar-refractivity contribution is 7.92. The fourth-order valence-corrected chi connectivity index (χ4v) is 6.72. The van der Waals surface area contributed by atoms with Crippen LogP contribution in [-0.4, -0.2) is 50.9 Å². The molecule has 0 bridgehead atoms. The smallest absolute Gasteiger partial charge is 0.264 e. The molecule has 1 aliphatic rings. The maximum Gasteiger partial charge on any atom is 0.264 e. The van der Waals surface area contributed by atoms with E-state index in [1.54, 1.807) is 67.6 Å². The Hall–Kier alpha value is -3.27. The van der Waals surface area contributed by atoms with Gasteiger partial charge in [-0.25, -0.2) is 8.42 Å². The highest BCUT2D eigenvalue weighted by Gasteiger charge is 2.33. The molecule has 0 aliphatic heterocycles. The molecule has 1 atom stereocenters. The summed E-state index contributed by atoms with van der Waals surface area (Å²) in [5.41, 5.74) is 0.817. The van der Waals surface area contributed by atoms with Gasteiger partial charge in [0.15, 0.2) is 0 Å². The van der Waals surface area contributed by atoms with Crippen molar-refractivity contribution in [3.05, 3.63) is 88.4 Å². The maximum absolute atomic E-state index is 14.1. The van der Waals surface area contributed by atoms with Gasteiger partial charge in [0.2, 0.25) is 11.8 Å². The lowest BCUT2D eigenvalue weighted by Gasteiger charge is -2.32. The van der Waals surface area contributed by atoms with Gasteiger partial charge in [-0.2, -0.15) is 0 Å². The van der Waals surface area contributed by atoms with Crippen LogP contribution in [0.15, 0.2) is 77.7 Å². The fraction of sp³-hybridized carbons (Fsp3) is 0.333. The van der Waals surface area contributed by atoms with Crippen molar-refractivity contribution in [2.75, 3.05) is 18.0 Å². The Balaban J connectivity index is 1.71. The number of amides is 2. The molecule has 1 aliphatic carbocycles. The Labute approximate surface area is 251 Å². The van der Waals surface area contributed by atoms with Gasteiger partial charge in [-0.3, -0.25) is 13.9 Å². The van der Waals surface area contributed by atoms with Crippen LogP contribution in [0, 0.1) is 0 Å². The Morgan fingerprint density at radius 1 is 1.00 bits per heavy atom. The summed E-state index contributed by atoms with van der Waals surface area (Å²) in [6.07, 6.45) is 3.84. The molecule has 11 heteroatoms. The Bertz CT molecular complexity index is 1480. The van der Waals surface area contributed by atoms with E-state index in [1.807, 2.05) is 0 Å². The Kier molecular flexibility index (Phi) is 10.2. The van der Waals surface area contributed by atoms with E-state index in [9.17, 15) is 18.0 Å². The van der Waals surface area contributed by atoms with E-state index in [4.69, 9.17) is 27.9 Å². The molecular formula is C30H33Cl2N3O5S. The molecule has 0 unspecified atom stereocenters. The third-order valence-electron chi connectivity index (χ3n) is 7.18. The van der Waals surface area contributed by atoms with Crippen LogP contribution in [0.5, 0.6) is 5.75 Å². The minimum Gasteiger partial charge on any atom is -0.497 e. The van der Waals surface area contributed by atoms with E-state index < -0.39 is 28.5 Å². The summed E-state index contributed by atoms with van der Waals surface area (Å²) in [5.74, 6) is -0.459. The number of nitrogens with one attached hydrogen (secondary N) is 1. The van der Waals surface area contributed by atoms with Crippen molar-refractivity contribution in [3.63, 3.8) is 0 Å². The lowest BCUT2D eigenvalue weighted by atomic mass is 10.1. The summed E-state index contributed by atoms with van der Waals surface area (Å²) in [6.45, 7) is 1.05. The molecule has 1 fully saturated rings. The fourth-order valence-electron chi connectivity index (χ4n) is 4.82. The zero-order valence-electron chi connectivity index (χ0n) is 22.9. The van der Waals surface area contributed by atoms with Crippen LogP contribution in [0.2, 0.25) is 10.0 Å². The predicted molar refractivity (Wildman–Crippen MR) is 161 cm³/mol. The summed E-state index contributed by atoms with van der Waals surface area (Å²) in [4.78, 5) is 28.8. The number of halogens is 2. The molecule has 1 N–H and O–H groups in total. The van der Waals surface area contributed by atoms with Crippen LogP contribution in [0.4, 0.5) is 5.69 Å². The minimum absolute atomic E-state index is 0.0224. The van der Waals surface area contributed by atoms with Crippen molar-refractivity contribution in [1.29, 1.82) is 0 Å². The van der Waals surface area contributed by atoms with Gasteiger partial charge >= 0.3 is 0 Å². The van der Waals surface area contributed by atoms with Crippen molar-refractivity contribution in [3.8, 4) is 5.75 Å². The van der Waals surface area contributed by atoms with Gasteiger partial charge in [0.05, 0.1) is 17.7 Å². The minimum atomic E-state index is -4.17. The van der Waals surface area contributed by atoms with Crippen LogP contribution in [-0.2, 0) is 26.2 Å². The van der Waals surface area contributed by atoms with Crippen molar-refractivity contribution in [2.45, 2.75) is 56.1 Å². The second-order valence-corrected chi connectivity index (χ2v) is 12.7. The third kappa shape index (κ3) is 7.52. The Morgan fingerprint density at radius 2 is 1.71 bits per heavy atom. The first-order chi connectivity index (χ1) is 19.6. The molecule has 0 spiro atoms. The zero-order valence-corrected chi connectivity index (χ0v) is 25.3. The molecule has 0 aromatic heterocycles. The van der Waals surface area contributed by atoms with Crippen LogP contribution in [0.25, 0.3) is 0 Å². The molecule has 3 aromatic rings. The normalized spacial score (nSPS) is 14.3. The highest BCUT2D eigenvalue weighted by Crippen LogP contribution is 2.28. The van der Waals surface area contributed by atoms with Crippen molar-refractivity contribution >= 4 is 50.7 Å². The molecule has 2 amide bonds. The number of ether oxygens (including phenoxy) is 1. The molecule has 41 heavy (non-hydrogen) atoms. The molecule has 0 radical (unpaired) electrons. The summed E-state index contributed by atoms with van der Waals surface area (Å²) >= 11 is 12.5. The van der Waals surface area contributed by atoms with Gasteiger partial charge in [-0.15, -0.1) is 0 Å². The number of methoxy groups -OCH3 is 1. The summed E-state index contributed by atoms with van der Waals surface area (Å²) in [7, 11) is -2.70. The number of hydrogen-bond acceptors (Lipinski definition) is 5. The zero-order chi connectivity index (χ0) is 29.6. The molecule has 8 nitrogen and oxygen atoms in total. The van der Waals surface area contributed by atoms with E-state index in [0.717, 1.165) is 30.0 Å². The average Bonchev–Trinajstić information content (AvgIpc) is 3.48. The molecule has 1 saturated carbocycles. The largest absolute Gasteiger partial charge is 0.497 e. The highest BCUT2D eigenvalue weighted by atomic mass is 35.5. The summed E-state index contributed by atoms with van der Waals surface area (Å²) in [5, 5.41) is 3.81. The second-order valence-electron chi connectivity index (χ2n) is 9.95. The molecule has 4 rings (SSSR count). The second kappa shape index (κ2) is 13.6. The number of hydrogen-bond donors (Lipinski definition) is 1. The number of carbonyl (C=O) groups excluding carboxylic acids is 2. The van der Waals surface area contributed by atoms with E-state index in [1.165, 1.54) is 24.1 Å². The van der Waals surface area contributed by atoms with E-state index in [2.05, 4.69) is 5.32 Å². The molecule has 0 heterocycles. The van der Waals surface area contributed by atoms with Gasteiger partial charge < -0.3 is 15.0 Å². The SMILES string of the molecule is COc1cccc(N(CC(=O)N(Cc2ccc(Cl)cc2Cl)[C@@H](C)C(=O)NC2CCCC2)S(=O)(=O)c2ccccc2)c1. The first-order valence-electron chi connectivity index (χ1n) is 13.4. The lowest BCUT2D eigenvalue weighted by Crippen LogP contribution is -2.52.